The average molecular weight is 318 g/mol. The Bertz CT molecular complexity index is 519. The summed E-state index contributed by atoms with van der Waals surface area (Å²) in [6.07, 6.45) is 2.85. The van der Waals surface area contributed by atoms with E-state index in [1.165, 1.54) is 11.1 Å². The van der Waals surface area contributed by atoms with Gasteiger partial charge in [0.2, 0.25) is 0 Å². The predicted octanol–water partition coefficient (Wildman–Crippen LogP) is 1.27. The molecule has 1 aromatic heterocycles. The Hall–Kier alpha value is -0.706. The molecule has 4 nitrogen and oxygen atoms in total. The second-order valence-electron chi connectivity index (χ2n) is 3.94. The van der Waals surface area contributed by atoms with Crippen molar-refractivity contribution < 1.29 is 32.7 Å². The third-order valence-electron chi connectivity index (χ3n) is 2.76. The van der Waals surface area contributed by atoms with Crippen LogP contribution in [0.4, 0.5) is 0 Å². The SMILES string of the molecule is CN=c1[nH][nH][c-]c1C.[Y].c1ccc2c(c1)CNC2. The van der Waals surface area contributed by atoms with Crippen LogP contribution in [0.25, 0.3) is 0 Å². The number of aromatic nitrogens is 2. The van der Waals surface area contributed by atoms with Gasteiger partial charge in [-0.2, -0.15) is 5.56 Å². The van der Waals surface area contributed by atoms with Crippen molar-refractivity contribution in [1.29, 1.82) is 0 Å². The summed E-state index contributed by atoms with van der Waals surface area (Å²) in [5.74, 6) is 0. The summed E-state index contributed by atoms with van der Waals surface area (Å²) in [5.41, 5.74) is 4.80. The molecule has 3 rings (SSSR count). The first kappa shape index (κ1) is 15.4. The second kappa shape index (κ2) is 7.67. The first-order chi connectivity index (χ1) is 8.31. The summed E-state index contributed by atoms with van der Waals surface area (Å²) in [5, 5.41) is 8.80. The third-order valence-corrected chi connectivity index (χ3v) is 2.76. The number of fused-ring (bicyclic) bond motifs is 1. The molecule has 1 aliphatic rings. The number of nitrogens with one attached hydrogen (secondary N) is 3. The first-order valence-electron chi connectivity index (χ1n) is 5.66. The van der Waals surface area contributed by atoms with Crippen molar-refractivity contribution >= 4 is 0 Å². The molecule has 0 spiro atoms. The van der Waals surface area contributed by atoms with Gasteiger partial charge >= 0.3 is 0 Å². The van der Waals surface area contributed by atoms with Gasteiger partial charge in [0.05, 0.1) is 0 Å². The number of aryl methyl sites for hydroxylation is 1. The van der Waals surface area contributed by atoms with E-state index in [0.717, 1.165) is 24.1 Å². The van der Waals surface area contributed by atoms with Crippen molar-refractivity contribution in [2.45, 2.75) is 20.0 Å². The van der Waals surface area contributed by atoms with E-state index in [9.17, 15) is 0 Å². The van der Waals surface area contributed by atoms with E-state index >= 15 is 0 Å². The quantitative estimate of drug-likeness (QED) is 0.630. The number of nitrogens with zero attached hydrogens (tertiary/aromatic N) is 1. The topological polar surface area (TPSA) is 56.0 Å². The Morgan fingerprint density at radius 2 is 1.78 bits per heavy atom. The molecule has 2 heterocycles. The number of H-pyrrole nitrogens is 2. The monoisotopic (exact) mass is 318 g/mol. The van der Waals surface area contributed by atoms with Crippen molar-refractivity contribution in [3.63, 3.8) is 0 Å². The van der Waals surface area contributed by atoms with Crippen LogP contribution < -0.4 is 10.8 Å². The smallest absolute Gasteiger partial charge is 0.0211 e. The fourth-order valence-corrected chi connectivity index (χ4v) is 1.80. The zero-order valence-corrected chi connectivity index (χ0v) is 13.6. The van der Waals surface area contributed by atoms with Gasteiger partial charge in [0, 0.05) is 52.8 Å². The van der Waals surface area contributed by atoms with E-state index in [1.54, 1.807) is 7.05 Å². The van der Waals surface area contributed by atoms with Gasteiger partial charge < -0.3 is 20.5 Å². The standard InChI is InChI=1S/C8H9N.C5H8N3.Y/c1-2-4-8-6-9-5-7(8)3-1;1-4-3-7-8-5(4)6-2;/h1-4,9H,5-6H2;1-2H3,(H2,6,7,8);/q;-1;. The van der Waals surface area contributed by atoms with Gasteiger partial charge in [-0.15, -0.1) is 6.20 Å². The van der Waals surface area contributed by atoms with Crippen molar-refractivity contribution in [2.75, 3.05) is 7.05 Å². The molecular formula is C13H17N4Y-. The number of hydrogen-bond acceptors (Lipinski definition) is 2. The molecule has 0 amide bonds. The number of benzene rings is 1. The molecule has 0 aliphatic carbocycles. The summed E-state index contributed by atoms with van der Waals surface area (Å²) in [4.78, 5) is 3.91. The predicted molar refractivity (Wildman–Crippen MR) is 67.2 cm³/mol. The largest absolute Gasteiger partial charge is 0.409 e. The number of rotatable bonds is 0. The van der Waals surface area contributed by atoms with Gasteiger partial charge in [-0.3, -0.25) is 0 Å². The summed E-state index contributed by atoms with van der Waals surface area (Å²) in [7, 11) is 1.74. The first-order valence-corrected chi connectivity index (χ1v) is 5.66. The van der Waals surface area contributed by atoms with Crippen LogP contribution >= 0.6 is 0 Å². The maximum absolute atomic E-state index is 3.91. The molecule has 93 valence electrons. The van der Waals surface area contributed by atoms with Crippen LogP contribution in [0.5, 0.6) is 0 Å². The van der Waals surface area contributed by atoms with Gasteiger partial charge in [-0.25, -0.2) is 0 Å². The van der Waals surface area contributed by atoms with E-state index in [2.05, 4.69) is 51.0 Å². The molecule has 5 heteroatoms. The van der Waals surface area contributed by atoms with Crippen molar-refractivity contribution in [1.82, 2.24) is 15.5 Å². The molecular weight excluding hydrogens is 301 g/mol. The zero-order valence-electron chi connectivity index (χ0n) is 10.7. The maximum Gasteiger partial charge on any atom is 0.0211 e. The molecule has 0 saturated carbocycles. The van der Waals surface area contributed by atoms with Gasteiger partial charge in [0.1, 0.15) is 0 Å². The minimum absolute atomic E-state index is 0. The van der Waals surface area contributed by atoms with Gasteiger partial charge in [-0.1, -0.05) is 31.2 Å². The Balaban J connectivity index is 0.000000172. The summed E-state index contributed by atoms with van der Waals surface area (Å²) in [6, 6.07) is 8.53. The molecule has 2 aromatic rings. The van der Waals surface area contributed by atoms with Crippen LogP contribution in [0.15, 0.2) is 29.3 Å². The Kier molecular flexibility index (Phi) is 6.54. The molecule has 0 fully saturated rings. The fourth-order valence-electron chi connectivity index (χ4n) is 1.80. The summed E-state index contributed by atoms with van der Waals surface area (Å²) >= 11 is 0. The minimum atomic E-state index is 0. The summed E-state index contributed by atoms with van der Waals surface area (Å²) in [6.45, 7) is 4.04. The summed E-state index contributed by atoms with van der Waals surface area (Å²) < 4.78 is 0. The van der Waals surface area contributed by atoms with Crippen molar-refractivity contribution in [2.24, 2.45) is 4.99 Å². The van der Waals surface area contributed by atoms with E-state index < -0.39 is 0 Å². The van der Waals surface area contributed by atoms with Crippen LogP contribution in [0.1, 0.15) is 16.7 Å². The molecule has 1 radical (unpaired) electrons. The van der Waals surface area contributed by atoms with Crippen molar-refractivity contribution in [3.8, 4) is 0 Å². The molecule has 0 atom stereocenters. The Labute approximate surface area is 132 Å². The van der Waals surface area contributed by atoms with Crippen LogP contribution in [-0.2, 0) is 45.8 Å². The number of aromatic amines is 2. The van der Waals surface area contributed by atoms with Gasteiger partial charge in [-0.05, 0) is 16.6 Å². The van der Waals surface area contributed by atoms with Crippen LogP contribution in [0.3, 0.4) is 0 Å². The van der Waals surface area contributed by atoms with Crippen LogP contribution in [-0.4, -0.2) is 17.2 Å². The normalized spacial score (nSPS) is 13.3. The second-order valence-corrected chi connectivity index (χ2v) is 3.94. The average Bonchev–Trinajstić information content (AvgIpc) is 2.97. The van der Waals surface area contributed by atoms with E-state index in [4.69, 9.17) is 0 Å². The molecule has 1 aromatic carbocycles. The van der Waals surface area contributed by atoms with Gasteiger partial charge in [0.25, 0.3) is 0 Å². The Morgan fingerprint density at radius 3 is 2.17 bits per heavy atom. The van der Waals surface area contributed by atoms with Crippen molar-refractivity contribution in [3.05, 3.63) is 52.6 Å². The van der Waals surface area contributed by atoms with E-state index in [0.29, 0.717) is 0 Å². The van der Waals surface area contributed by atoms with Crippen LogP contribution in [0, 0.1) is 13.1 Å². The third kappa shape index (κ3) is 3.90. The molecule has 18 heavy (non-hydrogen) atoms. The minimum Gasteiger partial charge on any atom is -0.409 e. The molecule has 0 saturated heterocycles. The van der Waals surface area contributed by atoms with Gasteiger partial charge in [0.15, 0.2) is 0 Å². The molecule has 0 bridgehead atoms. The van der Waals surface area contributed by atoms with Crippen LogP contribution in [0.2, 0.25) is 0 Å². The fraction of sp³-hybridized carbons (Fsp3) is 0.308. The molecule has 1 aliphatic heterocycles. The molecule has 3 N–H and O–H groups in total. The van der Waals surface area contributed by atoms with E-state index in [1.807, 2.05) is 6.92 Å². The zero-order chi connectivity index (χ0) is 12.1. The maximum atomic E-state index is 3.91. The van der Waals surface area contributed by atoms with E-state index in [-0.39, 0.29) is 32.7 Å². The molecule has 0 unspecified atom stereocenters. The Morgan fingerprint density at radius 1 is 1.17 bits per heavy atom. The number of hydrogen-bond donors (Lipinski definition) is 3.